The first-order valence-corrected chi connectivity index (χ1v) is 13.4. The molecule has 8 heteroatoms. The highest BCUT2D eigenvalue weighted by atomic mass is 35.5. The average molecular weight is 527 g/mol. The molecule has 6 nitrogen and oxygen atoms in total. The summed E-state index contributed by atoms with van der Waals surface area (Å²) in [7, 11) is 1.57. The van der Waals surface area contributed by atoms with E-state index in [1.807, 2.05) is 30.9 Å². The molecule has 2 amide bonds. The minimum absolute atomic E-state index is 0.00195. The van der Waals surface area contributed by atoms with Gasteiger partial charge in [-0.05, 0) is 79.2 Å². The third kappa shape index (κ3) is 5.85. The van der Waals surface area contributed by atoms with Crippen molar-refractivity contribution in [3.63, 3.8) is 0 Å². The van der Waals surface area contributed by atoms with E-state index in [1.54, 1.807) is 59.7 Å². The number of hydrogen-bond acceptors (Lipinski definition) is 5. The molecule has 36 heavy (non-hydrogen) atoms. The lowest BCUT2D eigenvalue weighted by Gasteiger charge is -2.38. The first-order chi connectivity index (χ1) is 17.4. The molecule has 0 saturated heterocycles. The zero-order valence-electron chi connectivity index (χ0n) is 20.8. The molecule has 0 radical (unpaired) electrons. The maximum absolute atomic E-state index is 13.7. The Morgan fingerprint density at radius 1 is 1.17 bits per heavy atom. The number of carbonyl (C=O) groups excluding carboxylic acids is 2. The Balaban J connectivity index is 1.54. The van der Waals surface area contributed by atoms with Crippen LogP contribution in [-0.4, -0.2) is 54.5 Å². The molecular formula is C28H31ClN2O4S. The number of rotatable bonds is 9. The van der Waals surface area contributed by atoms with Crippen LogP contribution < -0.4 is 9.47 Å². The van der Waals surface area contributed by atoms with Crippen LogP contribution in [0.2, 0.25) is 5.02 Å². The van der Waals surface area contributed by atoms with Crippen LogP contribution in [-0.2, 0) is 11.2 Å². The first kappa shape index (κ1) is 26.0. The van der Waals surface area contributed by atoms with Gasteiger partial charge in [0.15, 0.2) is 0 Å². The van der Waals surface area contributed by atoms with Crippen molar-refractivity contribution in [1.82, 2.24) is 9.80 Å². The Morgan fingerprint density at radius 3 is 2.67 bits per heavy atom. The number of carbonyl (C=O) groups is 2. The molecule has 0 fully saturated rings. The molecule has 1 aliphatic heterocycles. The standard InChI is InChI=1S/C28H31ClN2O4S/c1-4-19(2)31(28(33)20-6-5-7-23(16-20)34-3)17-27(32)30-14-12-26-24(13-15-36-26)25(30)18-35-22-10-8-21(29)9-11-22/h5-11,13,15-16,19,25H,4,12,14,17-18H2,1-3H3/t19-,25+/m0/s1. The lowest BCUT2D eigenvalue weighted by atomic mass is 10.00. The minimum Gasteiger partial charge on any atom is -0.497 e. The van der Waals surface area contributed by atoms with E-state index in [0.717, 1.165) is 18.4 Å². The summed E-state index contributed by atoms with van der Waals surface area (Å²) in [5.41, 5.74) is 1.62. The molecule has 3 aromatic rings. The van der Waals surface area contributed by atoms with Gasteiger partial charge >= 0.3 is 0 Å². The van der Waals surface area contributed by atoms with Gasteiger partial charge in [-0.15, -0.1) is 11.3 Å². The van der Waals surface area contributed by atoms with Crippen LogP contribution in [0.3, 0.4) is 0 Å². The SMILES string of the molecule is CC[C@H](C)N(CC(=O)N1CCc2sccc2[C@H]1COc1ccc(Cl)cc1)C(=O)c1cccc(OC)c1. The highest BCUT2D eigenvalue weighted by Gasteiger charge is 2.34. The van der Waals surface area contributed by atoms with E-state index in [4.69, 9.17) is 21.1 Å². The third-order valence-electron chi connectivity index (χ3n) is 6.64. The van der Waals surface area contributed by atoms with Crippen molar-refractivity contribution in [2.75, 3.05) is 26.8 Å². The summed E-state index contributed by atoms with van der Waals surface area (Å²) in [6.45, 7) is 4.90. The van der Waals surface area contributed by atoms with Gasteiger partial charge in [0.2, 0.25) is 5.91 Å². The van der Waals surface area contributed by atoms with Crippen molar-refractivity contribution >= 4 is 34.8 Å². The van der Waals surface area contributed by atoms with Gasteiger partial charge in [0.1, 0.15) is 24.7 Å². The van der Waals surface area contributed by atoms with Crippen molar-refractivity contribution in [3.05, 3.63) is 81.0 Å². The quantitative estimate of drug-likeness (QED) is 0.350. The van der Waals surface area contributed by atoms with Crippen LogP contribution in [0.4, 0.5) is 0 Å². The Labute approximate surface area is 221 Å². The topological polar surface area (TPSA) is 59.1 Å². The number of hydrogen-bond donors (Lipinski definition) is 0. The smallest absolute Gasteiger partial charge is 0.254 e. The molecule has 0 bridgehead atoms. The molecule has 2 atom stereocenters. The number of nitrogens with zero attached hydrogens (tertiary/aromatic N) is 2. The molecule has 0 unspecified atom stereocenters. The Bertz CT molecular complexity index is 1200. The van der Waals surface area contributed by atoms with Gasteiger partial charge in [-0.25, -0.2) is 0 Å². The molecule has 1 aromatic heterocycles. The number of ether oxygens (including phenoxy) is 2. The summed E-state index contributed by atoms with van der Waals surface area (Å²) in [5, 5.41) is 2.70. The fraction of sp³-hybridized carbons (Fsp3) is 0.357. The predicted octanol–water partition coefficient (Wildman–Crippen LogP) is 5.86. The minimum atomic E-state index is -0.228. The number of thiophene rings is 1. The lowest BCUT2D eigenvalue weighted by molar-refractivity contribution is -0.136. The second-order valence-electron chi connectivity index (χ2n) is 8.84. The average Bonchev–Trinajstić information content (AvgIpc) is 3.39. The molecule has 0 N–H and O–H groups in total. The molecule has 190 valence electrons. The van der Waals surface area contributed by atoms with Crippen molar-refractivity contribution in [2.45, 2.75) is 38.8 Å². The van der Waals surface area contributed by atoms with Gasteiger partial charge < -0.3 is 19.3 Å². The second-order valence-corrected chi connectivity index (χ2v) is 10.3. The number of halogens is 1. The van der Waals surface area contributed by atoms with Crippen LogP contribution in [0.15, 0.2) is 60.0 Å². The molecule has 0 saturated carbocycles. The Hall–Kier alpha value is -3.03. The van der Waals surface area contributed by atoms with Gasteiger partial charge in [-0.1, -0.05) is 24.6 Å². The van der Waals surface area contributed by atoms with Gasteiger partial charge in [0, 0.05) is 28.0 Å². The molecule has 4 rings (SSSR count). The summed E-state index contributed by atoms with van der Waals surface area (Å²) < 4.78 is 11.4. The van der Waals surface area contributed by atoms with Crippen LogP contribution in [0.5, 0.6) is 11.5 Å². The van der Waals surface area contributed by atoms with E-state index in [1.165, 1.54) is 4.88 Å². The Morgan fingerprint density at radius 2 is 1.94 bits per heavy atom. The summed E-state index contributed by atoms with van der Waals surface area (Å²) >= 11 is 7.71. The van der Waals surface area contributed by atoms with Gasteiger partial charge in [0.05, 0.1) is 13.2 Å². The van der Waals surface area contributed by atoms with Crippen molar-refractivity contribution in [1.29, 1.82) is 0 Å². The van der Waals surface area contributed by atoms with E-state index >= 15 is 0 Å². The Kier molecular flexibility index (Phi) is 8.54. The van der Waals surface area contributed by atoms with Gasteiger partial charge in [-0.3, -0.25) is 9.59 Å². The highest BCUT2D eigenvalue weighted by molar-refractivity contribution is 7.10. The molecule has 1 aliphatic rings. The fourth-order valence-electron chi connectivity index (χ4n) is 4.39. The third-order valence-corrected chi connectivity index (χ3v) is 7.89. The van der Waals surface area contributed by atoms with Crippen LogP contribution >= 0.6 is 22.9 Å². The summed E-state index contributed by atoms with van der Waals surface area (Å²) in [5.74, 6) is 1.03. The van der Waals surface area contributed by atoms with E-state index in [2.05, 4.69) is 11.4 Å². The largest absolute Gasteiger partial charge is 0.497 e. The second kappa shape index (κ2) is 11.8. The van der Waals surface area contributed by atoms with E-state index < -0.39 is 0 Å². The van der Waals surface area contributed by atoms with E-state index in [9.17, 15) is 9.59 Å². The van der Waals surface area contributed by atoms with Crippen LogP contribution in [0.1, 0.15) is 47.1 Å². The number of amides is 2. The highest BCUT2D eigenvalue weighted by Crippen LogP contribution is 2.34. The summed E-state index contributed by atoms with van der Waals surface area (Å²) in [6.07, 6.45) is 1.53. The van der Waals surface area contributed by atoms with Gasteiger partial charge in [-0.2, -0.15) is 0 Å². The maximum Gasteiger partial charge on any atom is 0.254 e. The van der Waals surface area contributed by atoms with Gasteiger partial charge in [0.25, 0.3) is 5.91 Å². The van der Waals surface area contributed by atoms with Crippen LogP contribution in [0, 0.1) is 0 Å². The number of benzene rings is 2. The molecule has 2 aromatic carbocycles. The lowest BCUT2D eigenvalue weighted by Crippen LogP contribution is -2.49. The zero-order chi connectivity index (χ0) is 25.7. The van der Waals surface area contributed by atoms with Crippen molar-refractivity contribution < 1.29 is 19.1 Å². The van der Waals surface area contributed by atoms with Crippen LogP contribution in [0.25, 0.3) is 0 Å². The van der Waals surface area contributed by atoms with E-state index in [-0.39, 0.29) is 30.4 Å². The maximum atomic E-state index is 13.7. The monoisotopic (exact) mass is 526 g/mol. The predicted molar refractivity (Wildman–Crippen MR) is 143 cm³/mol. The fourth-order valence-corrected chi connectivity index (χ4v) is 5.44. The number of fused-ring (bicyclic) bond motifs is 1. The first-order valence-electron chi connectivity index (χ1n) is 12.1. The zero-order valence-corrected chi connectivity index (χ0v) is 22.3. The number of methoxy groups -OCH3 is 1. The van der Waals surface area contributed by atoms with E-state index in [0.29, 0.717) is 35.2 Å². The summed E-state index contributed by atoms with van der Waals surface area (Å²) in [6, 6.07) is 16.0. The molecule has 0 spiro atoms. The molecule has 0 aliphatic carbocycles. The summed E-state index contributed by atoms with van der Waals surface area (Å²) in [4.78, 5) is 32.0. The molecule has 2 heterocycles. The molecular weight excluding hydrogens is 496 g/mol. The van der Waals surface area contributed by atoms with Crippen molar-refractivity contribution in [2.24, 2.45) is 0 Å². The normalized spacial score (nSPS) is 15.7. The van der Waals surface area contributed by atoms with Crippen molar-refractivity contribution in [3.8, 4) is 11.5 Å².